The van der Waals surface area contributed by atoms with Gasteiger partial charge in [0.15, 0.2) is 5.82 Å². The normalized spacial score (nSPS) is 13.9. The van der Waals surface area contributed by atoms with E-state index in [0.29, 0.717) is 11.4 Å². The van der Waals surface area contributed by atoms with E-state index in [1.54, 1.807) is 31.6 Å². The lowest BCUT2D eigenvalue weighted by Crippen LogP contribution is -2.46. The predicted octanol–water partition coefficient (Wildman–Crippen LogP) is 5.94. The minimum Gasteiger partial charge on any atom is -0.391 e. The molecule has 0 saturated carbocycles. The van der Waals surface area contributed by atoms with Crippen LogP contribution in [0, 0.1) is 6.92 Å². The van der Waals surface area contributed by atoms with Gasteiger partial charge in [0.1, 0.15) is 0 Å². The maximum atomic E-state index is 13.0. The van der Waals surface area contributed by atoms with Crippen molar-refractivity contribution in [2.45, 2.75) is 40.0 Å². The molecule has 1 aliphatic rings. The van der Waals surface area contributed by atoms with E-state index in [1.165, 1.54) is 4.57 Å². The number of nitrogens with one attached hydrogen (secondary N) is 2. The van der Waals surface area contributed by atoms with Crippen molar-refractivity contribution in [2.75, 3.05) is 48.3 Å². The minimum atomic E-state index is -0.646. The molecule has 5 rings (SSSR count). The molecule has 0 spiro atoms. The summed E-state index contributed by atoms with van der Waals surface area (Å²) in [5.41, 5.74) is 5.41. The second kappa shape index (κ2) is 12.9. The van der Waals surface area contributed by atoms with Gasteiger partial charge in [-0.1, -0.05) is 45.9 Å². The van der Waals surface area contributed by atoms with Crippen molar-refractivity contribution in [3.8, 4) is 17.1 Å². The van der Waals surface area contributed by atoms with Crippen molar-refractivity contribution in [3.63, 3.8) is 0 Å². The van der Waals surface area contributed by atoms with E-state index < -0.39 is 6.09 Å². The van der Waals surface area contributed by atoms with Gasteiger partial charge in [-0.3, -0.25) is 10.1 Å². The van der Waals surface area contributed by atoms with Crippen molar-refractivity contribution in [1.82, 2.24) is 19.4 Å². The molecule has 2 N–H and O–H groups in total. The zero-order chi connectivity index (χ0) is 31.4. The number of carbonyl (C=O) groups excluding carboxylic acids is 1. The predicted molar refractivity (Wildman–Crippen MR) is 176 cm³/mol. The lowest BCUT2D eigenvalue weighted by Gasteiger charge is -2.35. The second-order valence-corrected chi connectivity index (χ2v) is 12.1. The monoisotopic (exact) mass is 595 g/mol. The highest BCUT2D eigenvalue weighted by Gasteiger charge is 2.18. The fraction of sp³-hybridized carbons (Fsp3) is 0.353. The maximum Gasteiger partial charge on any atom is 0.418 e. The maximum absolute atomic E-state index is 13.0. The summed E-state index contributed by atoms with van der Waals surface area (Å²) in [6, 6.07) is 17.2. The van der Waals surface area contributed by atoms with Gasteiger partial charge in [0.05, 0.1) is 5.69 Å². The quantitative estimate of drug-likeness (QED) is 0.270. The molecule has 1 amide bonds. The van der Waals surface area contributed by atoms with Crippen LogP contribution in [0.5, 0.6) is 5.88 Å². The number of carbonyl (C=O) groups is 1. The molecule has 2 aromatic heterocycles. The third-order valence-corrected chi connectivity index (χ3v) is 8.03. The van der Waals surface area contributed by atoms with Crippen molar-refractivity contribution < 1.29 is 9.53 Å². The van der Waals surface area contributed by atoms with E-state index in [2.05, 4.69) is 65.2 Å². The Kier molecular flexibility index (Phi) is 9.01. The molecule has 0 atom stereocenters. The molecule has 0 bridgehead atoms. The number of aromatic nitrogens is 3. The molecule has 0 radical (unpaired) electrons. The summed E-state index contributed by atoms with van der Waals surface area (Å²) in [6.45, 7) is 15.6. The molecule has 44 heavy (non-hydrogen) atoms. The molecule has 1 fully saturated rings. The van der Waals surface area contributed by atoms with E-state index in [-0.39, 0.29) is 22.7 Å². The Morgan fingerprint density at radius 1 is 1.00 bits per heavy atom. The Hall–Kier alpha value is -4.70. The molecule has 230 valence electrons. The summed E-state index contributed by atoms with van der Waals surface area (Å²) in [5, 5.41) is 6.02. The molecular formula is C34H41N7O3. The fourth-order valence-corrected chi connectivity index (χ4v) is 5.20. The van der Waals surface area contributed by atoms with Gasteiger partial charge in [-0.2, -0.15) is 0 Å². The lowest BCUT2D eigenvalue weighted by atomic mass is 9.88. The van der Waals surface area contributed by atoms with Gasteiger partial charge in [0.2, 0.25) is 5.88 Å². The van der Waals surface area contributed by atoms with Crippen LogP contribution in [0.2, 0.25) is 0 Å². The van der Waals surface area contributed by atoms with Gasteiger partial charge in [0, 0.05) is 74.3 Å². The standard InChI is InChI=1S/C34H41N7O3/c1-7-40-17-19-41(20-18-40)26-14-12-25(13-15-26)36-31-32(42)39(6)22-29(37-31)27-9-8-10-28(23(27)2)38-33(43)44-30-16-11-24(21-35-30)34(3,4)5/h8-16,21-22H,7,17-20H2,1-6H3,(H,36,37)(H,38,43). The highest BCUT2D eigenvalue weighted by atomic mass is 16.6. The number of aryl methyl sites for hydroxylation is 1. The van der Waals surface area contributed by atoms with Crippen LogP contribution in [-0.4, -0.2) is 58.3 Å². The Bertz CT molecular complexity index is 1670. The van der Waals surface area contributed by atoms with Gasteiger partial charge in [-0.25, -0.2) is 14.8 Å². The molecule has 1 aliphatic heterocycles. The summed E-state index contributed by atoms with van der Waals surface area (Å²) in [5.74, 6) is 0.433. The molecule has 1 saturated heterocycles. The van der Waals surface area contributed by atoms with Crippen LogP contribution in [-0.2, 0) is 12.5 Å². The molecule has 0 unspecified atom stereocenters. The molecule has 2 aromatic carbocycles. The Balaban J connectivity index is 1.30. The number of hydrogen-bond donors (Lipinski definition) is 2. The second-order valence-electron chi connectivity index (χ2n) is 12.1. The molecule has 10 heteroatoms. The molecule has 3 heterocycles. The Morgan fingerprint density at radius 2 is 1.73 bits per heavy atom. The summed E-state index contributed by atoms with van der Waals surface area (Å²) in [7, 11) is 1.70. The number of nitrogens with zero attached hydrogens (tertiary/aromatic N) is 5. The first kappa shape index (κ1) is 30.7. The van der Waals surface area contributed by atoms with Gasteiger partial charge in [-0.05, 0) is 60.3 Å². The first-order valence-electron chi connectivity index (χ1n) is 15.0. The minimum absolute atomic E-state index is 0.0510. The van der Waals surface area contributed by atoms with E-state index >= 15 is 0 Å². The van der Waals surface area contributed by atoms with Gasteiger partial charge in [0.25, 0.3) is 5.56 Å². The number of hydrogen-bond acceptors (Lipinski definition) is 8. The van der Waals surface area contributed by atoms with Crippen LogP contribution in [0.25, 0.3) is 11.3 Å². The van der Waals surface area contributed by atoms with Crippen molar-refractivity contribution in [2.24, 2.45) is 7.05 Å². The van der Waals surface area contributed by atoms with Crippen LogP contribution in [0.3, 0.4) is 0 Å². The third kappa shape index (κ3) is 7.08. The largest absolute Gasteiger partial charge is 0.418 e. The first-order valence-corrected chi connectivity index (χ1v) is 15.0. The van der Waals surface area contributed by atoms with Crippen LogP contribution in [0.1, 0.15) is 38.8 Å². The van der Waals surface area contributed by atoms with Crippen LogP contribution in [0.15, 0.2) is 71.8 Å². The smallest absolute Gasteiger partial charge is 0.391 e. The van der Waals surface area contributed by atoms with Gasteiger partial charge >= 0.3 is 6.09 Å². The fourth-order valence-electron chi connectivity index (χ4n) is 5.20. The summed E-state index contributed by atoms with van der Waals surface area (Å²) in [4.78, 5) is 39.5. The van der Waals surface area contributed by atoms with Gasteiger partial charge < -0.3 is 24.4 Å². The number of anilines is 4. The summed E-state index contributed by atoms with van der Waals surface area (Å²) in [6.07, 6.45) is 2.76. The Morgan fingerprint density at radius 3 is 2.36 bits per heavy atom. The topological polar surface area (TPSA) is 105 Å². The number of ether oxygens (including phenoxy) is 1. The molecular weight excluding hydrogens is 554 g/mol. The average Bonchev–Trinajstić information content (AvgIpc) is 3.00. The summed E-state index contributed by atoms with van der Waals surface area (Å²) >= 11 is 0. The third-order valence-electron chi connectivity index (χ3n) is 8.03. The van der Waals surface area contributed by atoms with Crippen LogP contribution in [0.4, 0.5) is 27.7 Å². The number of likely N-dealkylation sites (N-methyl/N-ethyl adjacent to an activating group) is 1. The zero-order valence-corrected chi connectivity index (χ0v) is 26.3. The molecule has 10 nitrogen and oxygen atoms in total. The highest BCUT2D eigenvalue weighted by molar-refractivity contribution is 5.89. The Labute approximate surface area is 258 Å². The van der Waals surface area contributed by atoms with E-state index in [0.717, 1.165) is 60.8 Å². The average molecular weight is 596 g/mol. The lowest BCUT2D eigenvalue weighted by molar-refractivity contribution is 0.213. The van der Waals surface area contributed by atoms with E-state index in [9.17, 15) is 9.59 Å². The van der Waals surface area contributed by atoms with E-state index in [1.807, 2.05) is 37.3 Å². The van der Waals surface area contributed by atoms with Crippen molar-refractivity contribution >= 4 is 29.0 Å². The summed E-state index contributed by atoms with van der Waals surface area (Å²) < 4.78 is 6.93. The van der Waals surface area contributed by atoms with Crippen molar-refractivity contribution in [3.05, 3.63) is 88.5 Å². The number of pyridine rings is 1. The number of rotatable bonds is 7. The first-order chi connectivity index (χ1) is 21.0. The number of amides is 1. The zero-order valence-electron chi connectivity index (χ0n) is 26.3. The highest BCUT2D eigenvalue weighted by Crippen LogP contribution is 2.29. The van der Waals surface area contributed by atoms with Crippen LogP contribution < -0.4 is 25.8 Å². The van der Waals surface area contributed by atoms with Crippen molar-refractivity contribution in [1.29, 1.82) is 0 Å². The SMILES string of the molecule is CCN1CCN(c2ccc(Nc3nc(-c4cccc(NC(=O)Oc5ccc(C(C)(C)C)cn5)c4C)cn(C)c3=O)cc2)CC1. The molecule has 4 aromatic rings. The van der Waals surface area contributed by atoms with Gasteiger partial charge in [-0.15, -0.1) is 0 Å². The number of piperazine rings is 1. The number of benzene rings is 2. The molecule has 0 aliphatic carbocycles. The van der Waals surface area contributed by atoms with E-state index in [4.69, 9.17) is 9.72 Å². The van der Waals surface area contributed by atoms with Crippen LogP contribution >= 0.6 is 0 Å².